The number of rotatable bonds is 5. The van der Waals surface area contributed by atoms with Crippen LogP contribution in [0.2, 0.25) is 0 Å². The minimum Gasteiger partial charge on any atom is -0.496 e. The van der Waals surface area contributed by atoms with Crippen molar-refractivity contribution in [3.63, 3.8) is 0 Å². The van der Waals surface area contributed by atoms with Gasteiger partial charge in [0.15, 0.2) is 5.82 Å². The van der Waals surface area contributed by atoms with Crippen molar-refractivity contribution < 1.29 is 4.74 Å². The maximum absolute atomic E-state index is 5.72. The van der Waals surface area contributed by atoms with Crippen molar-refractivity contribution in [2.45, 2.75) is 44.3 Å². The van der Waals surface area contributed by atoms with Gasteiger partial charge in [0.2, 0.25) is 0 Å². The van der Waals surface area contributed by atoms with Gasteiger partial charge in [-0.3, -0.25) is 0 Å². The van der Waals surface area contributed by atoms with Gasteiger partial charge < -0.3 is 15.4 Å². The first kappa shape index (κ1) is 23.5. The first-order chi connectivity index (χ1) is 14.3. The molecule has 2 atom stereocenters. The molecule has 0 aliphatic carbocycles. The number of hydrogen-bond acceptors (Lipinski definition) is 6. The average molecular weight is 463 g/mol. The molecule has 0 radical (unpaired) electrons. The fraction of sp³-hybridized carbons (Fsp3) is 0.409. The van der Waals surface area contributed by atoms with Crippen LogP contribution >= 0.6 is 24.8 Å². The monoisotopic (exact) mass is 462 g/mol. The summed E-state index contributed by atoms with van der Waals surface area (Å²) < 4.78 is 7.57. The van der Waals surface area contributed by atoms with Crippen molar-refractivity contribution in [2.75, 3.05) is 13.7 Å². The summed E-state index contributed by atoms with van der Waals surface area (Å²) in [6.07, 6.45) is 4.11. The number of ether oxygens (including phenoxy) is 1. The number of methoxy groups -OCH3 is 1. The Morgan fingerprint density at radius 3 is 2.81 bits per heavy atom. The fourth-order valence-electron chi connectivity index (χ4n) is 4.53. The normalized spacial score (nSPS) is 19.4. The Hall–Kier alpha value is -2.19. The number of aromatic nitrogens is 4. The van der Waals surface area contributed by atoms with E-state index in [1.165, 1.54) is 17.5 Å². The molecule has 3 heterocycles. The highest BCUT2D eigenvalue weighted by atomic mass is 35.5. The quantitative estimate of drug-likeness (QED) is 0.606. The molecule has 3 aromatic rings. The molecule has 2 N–H and O–H groups in total. The number of nitrogens with one attached hydrogen (secondary N) is 2. The first-order valence-corrected chi connectivity index (χ1v) is 10.3. The van der Waals surface area contributed by atoms with Gasteiger partial charge in [-0.25, -0.2) is 0 Å². The molecule has 7 nitrogen and oxygen atoms in total. The van der Waals surface area contributed by atoms with E-state index in [1.807, 2.05) is 4.68 Å². The zero-order valence-corrected chi connectivity index (χ0v) is 19.1. The summed E-state index contributed by atoms with van der Waals surface area (Å²) in [6.45, 7) is 1.80. The molecule has 0 unspecified atom stereocenters. The lowest BCUT2D eigenvalue weighted by molar-refractivity contribution is 0.303. The summed E-state index contributed by atoms with van der Waals surface area (Å²) in [4.78, 5) is 0. The van der Waals surface area contributed by atoms with Crippen molar-refractivity contribution in [3.8, 4) is 11.4 Å². The molecule has 2 aliphatic rings. The molecule has 2 aliphatic heterocycles. The standard InChI is InChI=1S/C22H26N6O.2ClH/c1-29-20-13-16-9-10-21-25-26-27-28(21)19(16)12-17(20)14-24-18-8-5-11-23-22(18)15-6-3-2-4-7-15;;/h2-4,6-7,12-13,18,22-24H,5,8-11,14H2,1H3;2*1H/t18-,22-;;/m0../s1. The third kappa shape index (κ3) is 4.70. The van der Waals surface area contributed by atoms with Gasteiger partial charge in [-0.05, 0) is 59.5 Å². The molecule has 0 bridgehead atoms. The third-order valence-corrected chi connectivity index (χ3v) is 6.03. The number of tetrazole rings is 1. The van der Waals surface area contributed by atoms with Crippen molar-refractivity contribution >= 4 is 24.8 Å². The van der Waals surface area contributed by atoms with E-state index >= 15 is 0 Å². The van der Waals surface area contributed by atoms with E-state index in [0.29, 0.717) is 12.1 Å². The van der Waals surface area contributed by atoms with Crippen LogP contribution in [0.15, 0.2) is 42.5 Å². The maximum atomic E-state index is 5.72. The van der Waals surface area contributed by atoms with E-state index in [-0.39, 0.29) is 24.8 Å². The maximum Gasteiger partial charge on any atom is 0.157 e. The highest BCUT2D eigenvalue weighted by Gasteiger charge is 2.26. The van der Waals surface area contributed by atoms with Crippen molar-refractivity contribution in [1.82, 2.24) is 30.8 Å². The molecule has 31 heavy (non-hydrogen) atoms. The predicted octanol–water partition coefficient (Wildman–Crippen LogP) is 3.20. The van der Waals surface area contributed by atoms with Crippen LogP contribution in [-0.2, 0) is 19.4 Å². The van der Waals surface area contributed by atoms with Crippen LogP contribution in [-0.4, -0.2) is 39.9 Å². The van der Waals surface area contributed by atoms with Crippen LogP contribution in [0.5, 0.6) is 5.75 Å². The van der Waals surface area contributed by atoms with Crippen molar-refractivity contribution in [2.24, 2.45) is 0 Å². The number of halogens is 2. The molecular formula is C22H28Cl2N6O. The largest absolute Gasteiger partial charge is 0.496 e. The van der Waals surface area contributed by atoms with Gasteiger partial charge in [0, 0.05) is 30.6 Å². The number of benzene rings is 2. The van der Waals surface area contributed by atoms with Crippen LogP contribution in [0.25, 0.3) is 5.69 Å². The first-order valence-electron chi connectivity index (χ1n) is 10.3. The molecule has 0 amide bonds. The van der Waals surface area contributed by atoms with Gasteiger partial charge in [-0.2, -0.15) is 4.68 Å². The summed E-state index contributed by atoms with van der Waals surface area (Å²) in [5.41, 5.74) is 4.76. The Balaban J connectivity index is 0.00000136. The summed E-state index contributed by atoms with van der Waals surface area (Å²) in [5, 5.41) is 19.6. The lowest BCUT2D eigenvalue weighted by atomic mass is 9.92. The molecule has 2 aromatic carbocycles. The minimum atomic E-state index is 0. The van der Waals surface area contributed by atoms with Crippen molar-refractivity contribution in [1.29, 1.82) is 0 Å². The predicted molar refractivity (Wildman–Crippen MR) is 125 cm³/mol. The van der Waals surface area contributed by atoms with Crippen LogP contribution in [0.4, 0.5) is 0 Å². The number of piperidine rings is 1. The Bertz CT molecular complexity index is 997. The molecule has 166 valence electrons. The second kappa shape index (κ2) is 10.4. The number of hydrogen-bond donors (Lipinski definition) is 2. The van der Waals surface area contributed by atoms with E-state index in [9.17, 15) is 0 Å². The summed E-state index contributed by atoms with van der Waals surface area (Å²) >= 11 is 0. The van der Waals surface area contributed by atoms with Gasteiger partial charge in [0.1, 0.15) is 5.75 Å². The van der Waals surface area contributed by atoms with Crippen LogP contribution < -0.4 is 15.4 Å². The van der Waals surface area contributed by atoms with Gasteiger partial charge in [-0.1, -0.05) is 30.3 Å². The van der Waals surface area contributed by atoms with E-state index in [2.05, 4.69) is 68.6 Å². The van der Waals surface area contributed by atoms with Gasteiger partial charge >= 0.3 is 0 Å². The Kier molecular flexibility index (Phi) is 7.89. The Morgan fingerprint density at radius 2 is 2.00 bits per heavy atom. The van der Waals surface area contributed by atoms with Crippen molar-refractivity contribution in [3.05, 3.63) is 65.0 Å². The molecule has 1 aromatic heterocycles. The number of nitrogens with zero attached hydrogens (tertiary/aromatic N) is 4. The zero-order valence-electron chi connectivity index (χ0n) is 17.5. The summed E-state index contributed by atoms with van der Waals surface area (Å²) in [7, 11) is 1.74. The molecule has 5 rings (SSSR count). The van der Waals surface area contributed by atoms with E-state index in [0.717, 1.165) is 55.2 Å². The topological polar surface area (TPSA) is 76.9 Å². The molecule has 1 saturated heterocycles. The summed E-state index contributed by atoms with van der Waals surface area (Å²) in [6, 6.07) is 15.7. The smallest absolute Gasteiger partial charge is 0.157 e. The summed E-state index contributed by atoms with van der Waals surface area (Å²) in [5.74, 6) is 1.84. The molecule has 0 saturated carbocycles. The van der Waals surface area contributed by atoms with Crippen LogP contribution in [0.3, 0.4) is 0 Å². The minimum absolute atomic E-state index is 0. The lowest BCUT2D eigenvalue weighted by Gasteiger charge is -2.34. The van der Waals surface area contributed by atoms with Crippen LogP contribution in [0, 0.1) is 0 Å². The molecule has 0 spiro atoms. The third-order valence-electron chi connectivity index (χ3n) is 6.03. The highest BCUT2D eigenvalue weighted by molar-refractivity contribution is 5.85. The average Bonchev–Trinajstić information content (AvgIpc) is 3.27. The Labute approximate surface area is 194 Å². The van der Waals surface area contributed by atoms with Gasteiger partial charge in [0.05, 0.1) is 12.8 Å². The van der Waals surface area contributed by atoms with E-state index in [1.54, 1.807) is 7.11 Å². The highest BCUT2D eigenvalue weighted by Crippen LogP contribution is 2.31. The van der Waals surface area contributed by atoms with E-state index < -0.39 is 0 Å². The fourth-order valence-corrected chi connectivity index (χ4v) is 4.53. The zero-order chi connectivity index (χ0) is 19.6. The molecule has 1 fully saturated rings. The number of fused-ring (bicyclic) bond motifs is 3. The van der Waals surface area contributed by atoms with Gasteiger partial charge in [-0.15, -0.1) is 29.9 Å². The van der Waals surface area contributed by atoms with Crippen LogP contribution in [0.1, 0.15) is 41.4 Å². The SMILES string of the molecule is COc1cc2c(cc1CN[C@H]1CCCN[C@H]1c1ccccc1)-n1nnnc1CC2.Cl.Cl. The second-order valence-electron chi connectivity index (χ2n) is 7.77. The molecule has 9 heteroatoms. The van der Waals surface area contributed by atoms with Gasteiger partial charge in [0.25, 0.3) is 0 Å². The van der Waals surface area contributed by atoms with E-state index in [4.69, 9.17) is 4.74 Å². The number of aryl methyl sites for hydroxylation is 2. The Morgan fingerprint density at radius 1 is 1.16 bits per heavy atom. The second-order valence-corrected chi connectivity index (χ2v) is 7.77. The lowest BCUT2D eigenvalue weighted by Crippen LogP contribution is -2.45. The molecular weight excluding hydrogens is 435 g/mol.